The Morgan fingerprint density at radius 2 is 2.14 bits per heavy atom. The fourth-order valence-corrected chi connectivity index (χ4v) is 2.15. The molecular weight excluding hydrogens is 355 g/mol. The minimum Gasteiger partial charge on any atom is -0.461 e. The maximum Gasteiger partial charge on any atom is 0.417 e. The lowest BCUT2D eigenvalue weighted by Crippen LogP contribution is -2.08. The van der Waals surface area contributed by atoms with Crippen LogP contribution >= 0.6 is 15.9 Å². The van der Waals surface area contributed by atoms with Crippen molar-refractivity contribution in [3.05, 3.63) is 40.3 Å². The number of esters is 1. The van der Waals surface area contributed by atoms with E-state index in [0.717, 1.165) is 12.5 Å². The highest BCUT2D eigenvalue weighted by atomic mass is 79.9. The van der Waals surface area contributed by atoms with Crippen LogP contribution in [-0.4, -0.2) is 17.6 Å². The van der Waals surface area contributed by atoms with E-state index < -0.39 is 17.7 Å². The van der Waals surface area contributed by atoms with Crippen LogP contribution < -0.4 is 0 Å². The molecule has 1 aromatic heterocycles. The van der Waals surface area contributed by atoms with Crippen molar-refractivity contribution in [2.45, 2.75) is 13.1 Å². The SMILES string of the molecule is CCOC(=O)c1ncoc1-c1ccc(Br)c(C(F)(F)F)c1. The van der Waals surface area contributed by atoms with Gasteiger partial charge in [0, 0.05) is 10.0 Å². The van der Waals surface area contributed by atoms with E-state index in [0.29, 0.717) is 0 Å². The predicted octanol–water partition coefficient (Wildman–Crippen LogP) is 4.30. The zero-order chi connectivity index (χ0) is 15.6. The van der Waals surface area contributed by atoms with Crippen molar-refractivity contribution >= 4 is 21.9 Å². The largest absolute Gasteiger partial charge is 0.461 e. The molecule has 0 spiro atoms. The molecule has 1 heterocycles. The van der Waals surface area contributed by atoms with Gasteiger partial charge in [0.15, 0.2) is 17.8 Å². The topological polar surface area (TPSA) is 52.3 Å². The summed E-state index contributed by atoms with van der Waals surface area (Å²) < 4.78 is 48.4. The third kappa shape index (κ3) is 3.26. The van der Waals surface area contributed by atoms with E-state index in [1.165, 1.54) is 12.1 Å². The highest BCUT2D eigenvalue weighted by Gasteiger charge is 2.34. The van der Waals surface area contributed by atoms with Crippen molar-refractivity contribution in [1.82, 2.24) is 4.98 Å². The van der Waals surface area contributed by atoms with E-state index in [1.54, 1.807) is 6.92 Å². The standard InChI is InChI=1S/C13H9BrF3NO3/c1-2-20-12(19)10-11(21-6-18-10)7-3-4-9(14)8(5-7)13(15,16)17/h3-6H,2H2,1H3. The predicted molar refractivity (Wildman–Crippen MR) is 70.6 cm³/mol. The van der Waals surface area contributed by atoms with Gasteiger partial charge in [-0.2, -0.15) is 13.2 Å². The number of hydrogen-bond donors (Lipinski definition) is 0. The van der Waals surface area contributed by atoms with Crippen LogP contribution in [0.25, 0.3) is 11.3 Å². The second-order valence-electron chi connectivity index (χ2n) is 3.94. The van der Waals surface area contributed by atoms with Crippen LogP contribution in [0.5, 0.6) is 0 Å². The van der Waals surface area contributed by atoms with Crippen molar-refractivity contribution in [1.29, 1.82) is 0 Å². The first-order valence-corrected chi connectivity index (χ1v) is 6.61. The van der Waals surface area contributed by atoms with E-state index in [9.17, 15) is 18.0 Å². The van der Waals surface area contributed by atoms with Crippen LogP contribution in [0, 0.1) is 0 Å². The second kappa shape index (κ2) is 5.88. The van der Waals surface area contributed by atoms with E-state index >= 15 is 0 Å². The van der Waals surface area contributed by atoms with Crippen molar-refractivity contribution in [2.24, 2.45) is 0 Å². The number of aromatic nitrogens is 1. The molecule has 0 unspecified atom stereocenters. The molecule has 0 fully saturated rings. The summed E-state index contributed by atoms with van der Waals surface area (Å²) in [5.74, 6) is -0.816. The van der Waals surface area contributed by atoms with Crippen molar-refractivity contribution in [3.63, 3.8) is 0 Å². The highest BCUT2D eigenvalue weighted by Crippen LogP contribution is 2.37. The Labute approximate surface area is 126 Å². The Kier molecular flexibility index (Phi) is 4.36. The maximum absolute atomic E-state index is 12.9. The lowest BCUT2D eigenvalue weighted by atomic mass is 10.1. The number of nitrogens with zero attached hydrogens (tertiary/aromatic N) is 1. The summed E-state index contributed by atoms with van der Waals surface area (Å²) in [6.07, 6.45) is -3.55. The fourth-order valence-electron chi connectivity index (χ4n) is 1.68. The van der Waals surface area contributed by atoms with Gasteiger partial charge in [-0.3, -0.25) is 0 Å². The molecular formula is C13H9BrF3NO3. The van der Waals surface area contributed by atoms with Crippen LogP contribution in [0.1, 0.15) is 23.0 Å². The first-order valence-electron chi connectivity index (χ1n) is 5.82. The molecule has 0 atom stereocenters. The number of carbonyl (C=O) groups excluding carboxylic acids is 1. The summed E-state index contributed by atoms with van der Waals surface area (Å²) in [5, 5.41) is 0. The summed E-state index contributed by atoms with van der Waals surface area (Å²) >= 11 is 2.84. The molecule has 112 valence electrons. The number of alkyl halides is 3. The number of rotatable bonds is 3. The van der Waals surface area contributed by atoms with Gasteiger partial charge in [-0.05, 0) is 25.1 Å². The van der Waals surface area contributed by atoms with Crippen LogP contribution in [0.3, 0.4) is 0 Å². The number of ether oxygens (including phenoxy) is 1. The first kappa shape index (κ1) is 15.6. The third-order valence-electron chi connectivity index (χ3n) is 2.57. The monoisotopic (exact) mass is 363 g/mol. The highest BCUT2D eigenvalue weighted by molar-refractivity contribution is 9.10. The van der Waals surface area contributed by atoms with Gasteiger partial charge in [-0.15, -0.1) is 0 Å². The molecule has 0 aliphatic heterocycles. The number of benzene rings is 1. The van der Waals surface area contributed by atoms with Gasteiger partial charge in [0.1, 0.15) is 0 Å². The molecule has 2 rings (SSSR count). The molecule has 0 saturated carbocycles. The van der Waals surface area contributed by atoms with Gasteiger partial charge < -0.3 is 9.15 Å². The lowest BCUT2D eigenvalue weighted by Gasteiger charge is -2.10. The van der Waals surface area contributed by atoms with Crippen molar-refractivity contribution < 1.29 is 27.1 Å². The number of carbonyl (C=O) groups is 1. The van der Waals surface area contributed by atoms with Gasteiger partial charge in [-0.25, -0.2) is 9.78 Å². The molecule has 8 heteroatoms. The van der Waals surface area contributed by atoms with Gasteiger partial charge in [-0.1, -0.05) is 15.9 Å². The van der Waals surface area contributed by atoms with Crippen molar-refractivity contribution in [2.75, 3.05) is 6.61 Å². The van der Waals surface area contributed by atoms with Crippen LogP contribution in [0.15, 0.2) is 33.5 Å². The van der Waals surface area contributed by atoms with E-state index in [4.69, 9.17) is 9.15 Å². The van der Waals surface area contributed by atoms with E-state index in [1.807, 2.05) is 0 Å². The van der Waals surface area contributed by atoms with Gasteiger partial charge >= 0.3 is 12.1 Å². The van der Waals surface area contributed by atoms with E-state index in [2.05, 4.69) is 20.9 Å². The molecule has 21 heavy (non-hydrogen) atoms. The summed E-state index contributed by atoms with van der Waals surface area (Å²) in [4.78, 5) is 15.4. The van der Waals surface area contributed by atoms with E-state index in [-0.39, 0.29) is 28.1 Å². The molecule has 0 saturated heterocycles. The number of oxazole rings is 1. The average molecular weight is 364 g/mol. The molecule has 2 aromatic rings. The van der Waals surface area contributed by atoms with Crippen molar-refractivity contribution in [3.8, 4) is 11.3 Å². The summed E-state index contributed by atoms with van der Waals surface area (Å²) in [7, 11) is 0. The molecule has 0 amide bonds. The quantitative estimate of drug-likeness (QED) is 0.763. The Hall–Kier alpha value is -1.83. The average Bonchev–Trinajstić information content (AvgIpc) is 2.87. The summed E-state index contributed by atoms with van der Waals surface area (Å²) in [6, 6.07) is 3.51. The summed E-state index contributed by atoms with van der Waals surface area (Å²) in [5.41, 5.74) is -0.940. The van der Waals surface area contributed by atoms with Crippen LogP contribution in [0.4, 0.5) is 13.2 Å². The third-order valence-corrected chi connectivity index (χ3v) is 3.26. The molecule has 0 radical (unpaired) electrons. The fraction of sp³-hybridized carbons (Fsp3) is 0.231. The number of hydrogen-bond acceptors (Lipinski definition) is 4. The Bertz CT molecular complexity index is 667. The zero-order valence-electron chi connectivity index (χ0n) is 10.7. The Morgan fingerprint density at radius 1 is 1.43 bits per heavy atom. The maximum atomic E-state index is 12.9. The molecule has 0 N–H and O–H groups in total. The minimum absolute atomic E-state index is 0.0635. The Morgan fingerprint density at radius 3 is 2.76 bits per heavy atom. The molecule has 4 nitrogen and oxygen atoms in total. The zero-order valence-corrected chi connectivity index (χ0v) is 12.3. The second-order valence-corrected chi connectivity index (χ2v) is 4.80. The summed E-state index contributed by atoms with van der Waals surface area (Å²) in [6.45, 7) is 1.73. The van der Waals surface area contributed by atoms with Gasteiger partial charge in [0.25, 0.3) is 0 Å². The van der Waals surface area contributed by atoms with Gasteiger partial charge in [0.05, 0.1) is 12.2 Å². The smallest absolute Gasteiger partial charge is 0.417 e. The first-order chi connectivity index (χ1) is 9.84. The van der Waals surface area contributed by atoms with Crippen LogP contribution in [0.2, 0.25) is 0 Å². The minimum atomic E-state index is -4.53. The molecule has 0 aliphatic rings. The lowest BCUT2D eigenvalue weighted by molar-refractivity contribution is -0.138. The molecule has 0 bridgehead atoms. The normalized spacial score (nSPS) is 11.5. The molecule has 0 aliphatic carbocycles. The Balaban J connectivity index is 2.49. The molecule has 1 aromatic carbocycles. The van der Waals surface area contributed by atoms with Gasteiger partial charge in [0.2, 0.25) is 0 Å². The number of halogens is 4. The van der Waals surface area contributed by atoms with Crippen LogP contribution in [-0.2, 0) is 10.9 Å².